The highest BCUT2D eigenvalue weighted by atomic mass is 19.1. The van der Waals surface area contributed by atoms with Gasteiger partial charge < -0.3 is 10.2 Å². The summed E-state index contributed by atoms with van der Waals surface area (Å²) in [6.07, 6.45) is 0. The number of halogens is 1. The van der Waals surface area contributed by atoms with Crippen LogP contribution >= 0.6 is 0 Å². The van der Waals surface area contributed by atoms with Gasteiger partial charge in [0.15, 0.2) is 17.5 Å². The van der Waals surface area contributed by atoms with E-state index in [4.69, 9.17) is 15.1 Å². The second-order valence-electron chi connectivity index (χ2n) is 10.2. The average molecular weight is 527 g/mol. The highest BCUT2D eigenvalue weighted by Gasteiger charge is 2.41. The molecule has 1 N–H and O–H groups in total. The number of aryl methyl sites for hydroxylation is 3. The van der Waals surface area contributed by atoms with Crippen LogP contribution in [0.25, 0.3) is 5.69 Å². The van der Waals surface area contributed by atoms with Gasteiger partial charge in [-0.3, -0.25) is 0 Å². The SMILES string of the molecule is Cc1ccc(C)c(NC2=Nc3ccccc3N3C2=Nc2c(c(C)nn2-c2ccccc2)[C@@H]3c2ccc(F)cc2)c1. The molecule has 5 aromatic rings. The fraction of sp³-hybridized carbons (Fsp3) is 0.121. The lowest BCUT2D eigenvalue weighted by Crippen LogP contribution is -2.46. The molecule has 4 aromatic carbocycles. The Hall–Kier alpha value is -5.04. The second-order valence-corrected chi connectivity index (χ2v) is 10.2. The lowest BCUT2D eigenvalue weighted by atomic mass is 9.93. The van der Waals surface area contributed by atoms with Crippen molar-refractivity contribution >= 4 is 34.6 Å². The molecule has 0 aliphatic carbocycles. The lowest BCUT2D eigenvalue weighted by molar-refractivity contribution is 0.626. The van der Waals surface area contributed by atoms with Gasteiger partial charge in [-0.2, -0.15) is 5.10 Å². The Kier molecular flexibility index (Phi) is 5.59. The van der Waals surface area contributed by atoms with Crippen LogP contribution in [0, 0.1) is 26.6 Å². The Morgan fingerprint density at radius 2 is 1.55 bits per heavy atom. The van der Waals surface area contributed by atoms with E-state index in [-0.39, 0.29) is 11.9 Å². The first-order chi connectivity index (χ1) is 19.5. The van der Waals surface area contributed by atoms with E-state index in [1.54, 1.807) is 0 Å². The number of aromatic nitrogens is 2. The van der Waals surface area contributed by atoms with Gasteiger partial charge in [0.05, 0.1) is 28.8 Å². The maximum atomic E-state index is 14.1. The fourth-order valence-electron chi connectivity index (χ4n) is 5.51. The van der Waals surface area contributed by atoms with Crippen LogP contribution in [0.2, 0.25) is 0 Å². The van der Waals surface area contributed by atoms with Crippen LogP contribution in [0.5, 0.6) is 0 Å². The molecule has 0 saturated heterocycles. The van der Waals surface area contributed by atoms with E-state index in [1.807, 2.05) is 72.3 Å². The number of hydrogen-bond acceptors (Lipinski definition) is 5. The molecule has 0 amide bonds. The zero-order valence-corrected chi connectivity index (χ0v) is 22.4. The molecule has 1 atom stereocenters. The molecule has 6 nitrogen and oxygen atoms in total. The second kappa shape index (κ2) is 9.31. The number of aliphatic imine (C=N–C) groups is 2. The first-order valence-corrected chi connectivity index (χ1v) is 13.3. The lowest BCUT2D eigenvalue weighted by Gasteiger charge is -2.40. The standard InChI is InChI=1S/C33H27FN6/c1-20-13-14-21(2)27(19-20)36-31-33-37-32-29(22(3)38-40(32)25-9-5-4-6-10-25)30(23-15-17-24(34)18-16-23)39(33)28-12-8-7-11-26(28)35-31/h4-19,30H,1-3H3,(H,35,36)/t30-/m0/s1. The Morgan fingerprint density at radius 3 is 2.35 bits per heavy atom. The minimum Gasteiger partial charge on any atom is -0.337 e. The molecule has 0 saturated carbocycles. The molecular weight excluding hydrogens is 499 g/mol. The van der Waals surface area contributed by atoms with Gasteiger partial charge >= 0.3 is 0 Å². The van der Waals surface area contributed by atoms with E-state index in [1.165, 1.54) is 12.1 Å². The number of hydrogen-bond donors (Lipinski definition) is 1. The van der Waals surface area contributed by atoms with Crippen molar-refractivity contribution in [2.45, 2.75) is 26.8 Å². The van der Waals surface area contributed by atoms with Crippen molar-refractivity contribution in [3.63, 3.8) is 0 Å². The van der Waals surface area contributed by atoms with E-state index in [2.05, 4.69) is 48.3 Å². The topological polar surface area (TPSA) is 57.8 Å². The van der Waals surface area contributed by atoms with Crippen molar-refractivity contribution < 1.29 is 4.39 Å². The number of benzene rings is 4. The zero-order chi connectivity index (χ0) is 27.4. The number of fused-ring (bicyclic) bond motifs is 4. The van der Waals surface area contributed by atoms with Crippen molar-refractivity contribution in [1.82, 2.24) is 9.78 Å². The van der Waals surface area contributed by atoms with Gasteiger partial charge in [-0.1, -0.05) is 54.6 Å². The van der Waals surface area contributed by atoms with Gasteiger partial charge in [0, 0.05) is 11.3 Å². The summed E-state index contributed by atoms with van der Waals surface area (Å²) in [6, 6.07) is 30.8. The third kappa shape index (κ3) is 3.90. The highest BCUT2D eigenvalue weighted by molar-refractivity contribution is 6.51. The molecule has 0 unspecified atom stereocenters. The summed E-state index contributed by atoms with van der Waals surface area (Å²) < 4.78 is 16.0. The maximum Gasteiger partial charge on any atom is 0.179 e. The van der Waals surface area contributed by atoms with Crippen molar-refractivity contribution in [3.05, 3.63) is 131 Å². The third-order valence-corrected chi connectivity index (χ3v) is 7.47. The first kappa shape index (κ1) is 24.0. The summed E-state index contributed by atoms with van der Waals surface area (Å²) in [5.74, 6) is 1.78. The Balaban J connectivity index is 1.50. The van der Waals surface area contributed by atoms with E-state index < -0.39 is 0 Å². The van der Waals surface area contributed by atoms with Crippen LogP contribution in [0.1, 0.15) is 34.0 Å². The van der Waals surface area contributed by atoms with Gasteiger partial charge in [-0.05, 0) is 79.9 Å². The number of nitrogens with zero attached hydrogens (tertiary/aromatic N) is 5. The smallest absolute Gasteiger partial charge is 0.179 e. The molecule has 0 radical (unpaired) electrons. The molecule has 0 spiro atoms. The predicted octanol–water partition coefficient (Wildman–Crippen LogP) is 7.73. The summed E-state index contributed by atoms with van der Waals surface area (Å²) in [5.41, 5.74) is 8.68. The molecule has 196 valence electrons. The summed E-state index contributed by atoms with van der Waals surface area (Å²) >= 11 is 0. The summed E-state index contributed by atoms with van der Waals surface area (Å²) in [5, 5.41) is 8.55. The summed E-state index contributed by atoms with van der Waals surface area (Å²) in [6.45, 7) is 6.16. The Labute approximate surface area is 232 Å². The molecule has 1 aromatic heterocycles. The van der Waals surface area contributed by atoms with Crippen LogP contribution in [0.4, 0.5) is 27.3 Å². The summed E-state index contributed by atoms with van der Waals surface area (Å²) in [4.78, 5) is 12.5. The van der Waals surface area contributed by atoms with Gasteiger partial charge in [0.1, 0.15) is 5.82 Å². The van der Waals surface area contributed by atoms with E-state index >= 15 is 0 Å². The normalized spacial score (nSPS) is 15.5. The van der Waals surface area contributed by atoms with Gasteiger partial charge in [0.2, 0.25) is 0 Å². The van der Waals surface area contributed by atoms with Crippen LogP contribution in [0.15, 0.2) is 107 Å². The van der Waals surface area contributed by atoms with Gasteiger partial charge in [-0.25, -0.2) is 19.1 Å². The van der Waals surface area contributed by atoms with E-state index in [0.29, 0.717) is 11.7 Å². The fourth-order valence-corrected chi connectivity index (χ4v) is 5.51. The predicted molar refractivity (Wildman–Crippen MR) is 159 cm³/mol. The quantitative estimate of drug-likeness (QED) is 0.262. The monoisotopic (exact) mass is 526 g/mol. The van der Waals surface area contributed by atoms with Crippen molar-refractivity contribution in [2.75, 3.05) is 10.2 Å². The minimum atomic E-state index is -0.299. The van der Waals surface area contributed by atoms with Crippen molar-refractivity contribution in [2.24, 2.45) is 9.98 Å². The molecule has 7 heteroatoms. The number of nitrogens with one attached hydrogen (secondary N) is 1. The summed E-state index contributed by atoms with van der Waals surface area (Å²) in [7, 11) is 0. The average Bonchev–Trinajstić information content (AvgIpc) is 3.31. The molecule has 3 heterocycles. The molecule has 2 aliphatic heterocycles. The molecule has 40 heavy (non-hydrogen) atoms. The largest absolute Gasteiger partial charge is 0.337 e. The first-order valence-electron chi connectivity index (χ1n) is 13.3. The van der Waals surface area contributed by atoms with Crippen LogP contribution in [-0.2, 0) is 0 Å². The molecule has 2 aliphatic rings. The number of para-hydroxylation sites is 3. The van der Waals surface area contributed by atoms with Crippen LogP contribution in [0.3, 0.4) is 0 Å². The number of rotatable bonds is 3. The number of amidine groups is 2. The molecular formula is C33H27FN6. The zero-order valence-electron chi connectivity index (χ0n) is 22.4. The van der Waals surface area contributed by atoms with Gasteiger partial charge in [-0.15, -0.1) is 0 Å². The third-order valence-electron chi connectivity index (χ3n) is 7.47. The Morgan fingerprint density at radius 1 is 0.800 bits per heavy atom. The molecule has 0 bridgehead atoms. The maximum absolute atomic E-state index is 14.1. The molecule has 7 rings (SSSR count). The van der Waals surface area contributed by atoms with Crippen LogP contribution < -0.4 is 10.2 Å². The van der Waals surface area contributed by atoms with Crippen molar-refractivity contribution in [3.8, 4) is 5.69 Å². The minimum absolute atomic E-state index is 0.275. The van der Waals surface area contributed by atoms with Crippen molar-refractivity contribution in [1.29, 1.82) is 0 Å². The van der Waals surface area contributed by atoms with E-state index in [0.717, 1.165) is 56.5 Å². The Bertz CT molecular complexity index is 1820. The molecule has 0 fully saturated rings. The number of anilines is 2. The van der Waals surface area contributed by atoms with Crippen LogP contribution in [-0.4, -0.2) is 21.5 Å². The highest BCUT2D eigenvalue weighted by Crippen LogP contribution is 2.48. The van der Waals surface area contributed by atoms with E-state index in [9.17, 15) is 4.39 Å². The van der Waals surface area contributed by atoms with Gasteiger partial charge in [0.25, 0.3) is 0 Å².